The molecule has 0 aromatic carbocycles. The zero-order valence-electron chi connectivity index (χ0n) is 12.3. The monoisotopic (exact) mass is 280 g/mol. The Hall–Kier alpha value is -1.40. The molecule has 0 saturated heterocycles. The summed E-state index contributed by atoms with van der Waals surface area (Å²) in [6.07, 6.45) is 2.41. The minimum absolute atomic E-state index is 0.548. The maximum atomic E-state index is 5.42. The highest BCUT2D eigenvalue weighted by atomic mass is 16.5. The highest BCUT2D eigenvalue weighted by Crippen LogP contribution is 2.38. The maximum absolute atomic E-state index is 5.42. The van der Waals surface area contributed by atoms with E-state index in [1.807, 2.05) is 6.07 Å². The number of aromatic nitrogens is 2. The average Bonchev–Trinajstić information content (AvgIpc) is 3.27. The molecule has 0 bridgehead atoms. The van der Waals surface area contributed by atoms with E-state index in [-0.39, 0.29) is 0 Å². The Morgan fingerprint density at radius 3 is 2.55 bits per heavy atom. The summed E-state index contributed by atoms with van der Waals surface area (Å²) in [4.78, 5) is 9.11. The zero-order chi connectivity index (χ0) is 14.2. The van der Waals surface area contributed by atoms with Gasteiger partial charge in [0.2, 0.25) is 0 Å². The van der Waals surface area contributed by atoms with E-state index in [2.05, 4.69) is 27.5 Å². The number of hydrogen-bond donors (Lipinski definition) is 2. The van der Waals surface area contributed by atoms with Crippen molar-refractivity contribution in [2.75, 3.05) is 50.7 Å². The van der Waals surface area contributed by atoms with Crippen LogP contribution in [0.25, 0.3) is 0 Å². The number of ether oxygens (including phenoxy) is 2. The van der Waals surface area contributed by atoms with Crippen molar-refractivity contribution in [3.63, 3.8) is 0 Å². The van der Waals surface area contributed by atoms with Gasteiger partial charge in [0.25, 0.3) is 0 Å². The molecule has 1 fully saturated rings. The molecule has 0 spiro atoms. The number of hydrogen-bond acceptors (Lipinski definition) is 6. The smallest absolute Gasteiger partial charge is 0.136 e. The molecule has 112 valence electrons. The molecule has 6 heteroatoms. The molecule has 6 nitrogen and oxygen atoms in total. The molecular formula is C14H24N4O2. The van der Waals surface area contributed by atoms with Crippen molar-refractivity contribution >= 4 is 11.6 Å². The van der Waals surface area contributed by atoms with Gasteiger partial charge in [0.05, 0.1) is 19.8 Å². The molecule has 1 heterocycles. The normalized spacial score (nSPS) is 14.3. The third-order valence-electron chi connectivity index (χ3n) is 3.03. The van der Waals surface area contributed by atoms with Crippen molar-refractivity contribution in [2.24, 2.45) is 0 Å². The van der Waals surface area contributed by atoms with Gasteiger partial charge >= 0.3 is 0 Å². The van der Waals surface area contributed by atoms with Crippen LogP contribution in [0.5, 0.6) is 0 Å². The van der Waals surface area contributed by atoms with Gasteiger partial charge in [0.15, 0.2) is 0 Å². The summed E-state index contributed by atoms with van der Waals surface area (Å²) in [6.45, 7) is 5.55. The summed E-state index contributed by atoms with van der Waals surface area (Å²) in [5.41, 5.74) is 0. The average molecular weight is 280 g/mol. The van der Waals surface area contributed by atoms with Gasteiger partial charge in [-0.05, 0) is 19.8 Å². The molecule has 0 aliphatic heterocycles. The number of rotatable bonds is 10. The SMILES string of the molecule is CCNc1cc(NCCOCCOC)nc(C2CC2)n1. The van der Waals surface area contributed by atoms with Crippen LogP contribution in [0.2, 0.25) is 0 Å². The van der Waals surface area contributed by atoms with Crippen LogP contribution in [0.3, 0.4) is 0 Å². The molecule has 1 saturated carbocycles. The highest BCUT2D eigenvalue weighted by molar-refractivity contribution is 5.48. The van der Waals surface area contributed by atoms with Crippen molar-refractivity contribution in [2.45, 2.75) is 25.7 Å². The Labute approximate surface area is 120 Å². The standard InChI is InChI=1S/C14H24N4O2/c1-3-15-12-10-13(16-6-7-20-9-8-19-2)18-14(17-12)11-4-5-11/h10-11H,3-9H2,1-2H3,(H2,15,16,17,18). The van der Waals surface area contributed by atoms with E-state index in [4.69, 9.17) is 9.47 Å². The van der Waals surface area contributed by atoms with E-state index in [0.29, 0.717) is 25.7 Å². The van der Waals surface area contributed by atoms with Crippen LogP contribution in [-0.2, 0) is 9.47 Å². The quantitative estimate of drug-likeness (QED) is 0.638. The van der Waals surface area contributed by atoms with E-state index < -0.39 is 0 Å². The summed E-state index contributed by atoms with van der Waals surface area (Å²) in [6, 6.07) is 1.95. The van der Waals surface area contributed by atoms with Gasteiger partial charge < -0.3 is 20.1 Å². The van der Waals surface area contributed by atoms with Crippen molar-refractivity contribution in [3.8, 4) is 0 Å². The van der Waals surface area contributed by atoms with E-state index in [1.165, 1.54) is 12.8 Å². The molecule has 1 aliphatic rings. The second-order valence-electron chi connectivity index (χ2n) is 4.83. The van der Waals surface area contributed by atoms with E-state index in [1.54, 1.807) is 7.11 Å². The molecular weight excluding hydrogens is 256 g/mol. The fraction of sp³-hybridized carbons (Fsp3) is 0.714. The molecule has 0 radical (unpaired) electrons. The summed E-state index contributed by atoms with van der Waals surface area (Å²) < 4.78 is 10.3. The molecule has 0 amide bonds. The van der Waals surface area contributed by atoms with Crippen molar-refractivity contribution in [1.82, 2.24) is 9.97 Å². The summed E-state index contributed by atoms with van der Waals surface area (Å²) >= 11 is 0. The van der Waals surface area contributed by atoms with Gasteiger partial charge in [-0.2, -0.15) is 0 Å². The van der Waals surface area contributed by atoms with Crippen LogP contribution in [0.1, 0.15) is 31.5 Å². The van der Waals surface area contributed by atoms with Crippen LogP contribution in [0.15, 0.2) is 6.07 Å². The van der Waals surface area contributed by atoms with Crippen LogP contribution in [0, 0.1) is 0 Å². The molecule has 1 aliphatic carbocycles. The lowest BCUT2D eigenvalue weighted by molar-refractivity contribution is 0.0759. The number of methoxy groups -OCH3 is 1. The lowest BCUT2D eigenvalue weighted by Gasteiger charge is -2.10. The number of anilines is 2. The van der Waals surface area contributed by atoms with Crippen LogP contribution >= 0.6 is 0 Å². The Bertz CT molecular complexity index is 410. The third-order valence-corrected chi connectivity index (χ3v) is 3.03. The van der Waals surface area contributed by atoms with E-state index in [9.17, 15) is 0 Å². The summed E-state index contributed by atoms with van der Waals surface area (Å²) in [7, 11) is 1.67. The first kappa shape index (κ1) is 15.0. The minimum Gasteiger partial charge on any atom is -0.382 e. The summed E-state index contributed by atoms with van der Waals surface area (Å²) in [5, 5.41) is 6.54. The first-order valence-corrected chi connectivity index (χ1v) is 7.27. The number of nitrogens with zero attached hydrogens (tertiary/aromatic N) is 2. The molecule has 1 aromatic heterocycles. The molecule has 0 unspecified atom stereocenters. The Morgan fingerprint density at radius 2 is 1.90 bits per heavy atom. The highest BCUT2D eigenvalue weighted by Gasteiger charge is 2.27. The van der Waals surface area contributed by atoms with Crippen molar-refractivity contribution in [3.05, 3.63) is 11.9 Å². The topological polar surface area (TPSA) is 68.3 Å². The van der Waals surface area contributed by atoms with Crippen LogP contribution in [0.4, 0.5) is 11.6 Å². The molecule has 0 atom stereocenters. The second-order valence-corrected chi connectivity index (χ2v) is 4.83. The van der Waals surface area contributed by atoms with Crippen LogP contribution < -0.4 is 10.6 Å². The maximum Gasteiger partial charge on any atom is 0.136 e. The third kappa shape index (κ3) is 4.94. The lowest BCUT2D eigenvalue weighted by atomic mass is 10.3. The van der Waals surface area contributed by atoms with Gasteiger partial charge in [0.1, 0.15) is 17.5 Å². The van der Waals surface area contributed by atoms with Crippen molar-refractivity contribution < 1.29 is 9.47 Å². The lowest BCUT2D eigenvalue weighted by Crippen LogP contribution is -2.14. The van der Waals surface area contributed by atoms with Crippen LogP contribution in [-0.4, -0.2) is 50.0 Å². The Balaban J connectivity index is 1.82. The predicted octanol–water partition coefficient (Wildman–Crippen LogP) is 1.86. The van der Waals surface area contributed by atoms with Gasteiger partial charge in [-0.3, -0.25) is 0 Å². The summed E-state index contributed by atoms with van der Waals surface area (Å²) in [5.74, 6) is 3.26. The molecule has 1 aromatic rings. The predicted molar refractivity (Wildman–Crippen MR) is 79.4 cm³/mol. The van der Waals surface area contributed by atoms with E-state index in [0.717, 1.165) is 30.5 Å². The minimum atomic E-state index is 0.548. The first-order valence-electron chi connectivity index (χ1n) is 7.27. The van der Waals surface area contributed by atoms with Gasteiger partial charge in [-0.15, -0.1) is 0 Å². The molecule has 20 heavy (non-hydrogen) atoms. The largest absolute Gasteiger partial charge is 0.382 e. The Kier molecular flexibility index (Phi) is 6.01. The fourth-order valence-corrected chi connectivity index (χ4v) is 1.85. The van der Waals surface area contributed by atoms with Crippen molar-refractivity contribution in [1.29, 1.82) is 0 Å². The van der Waals surface area contributed by atoms with Gasteiger partial charge in [-0.25, -0.2) is 9.97 Å². The second kappa shape index (κ2) is 8.01. The fourth-order valence-electron chi connectivity index (χ4n) is 1.85. The van der Waals surface area contributed by atoms with Gasteiger partial charge in [0, 0.05) is 32.2 Å². The zero-order valence-corrected chi connectivity index (χ0v) is 12.3. The van der Waals surface area contributed by atoms with E-state index >= 15 is 0 Å². The van der Waals surface area contributed by atoms with Gasteiger partial charge in [-0.1, -0.05) is 0 Å². The first-order chi connectivity index (χ1) is 9.83. The number of nitrogens with one attached hydrogen (secondary N) is 2. The molecule has 2 rings (SSSR count). The molecule has 2 N–H and O–H groups in total. The Morgan fingerprint density at radius 1 is 1.15 bits per heavy atom.